The van der Waals surface area contributed by atoms with Crippen molar-refractivity contribution >= 4 is 22.9 Å². The first-order valence-electron chi connectivity index (χ1n) is 6.36. The lowest BCUT2D eigenvalue weighted by molar-refractivity contribution is 0.103. The number of benzene rings is 1. The Bertz CT molecular complexity index is 624. The molecule has 1 heterocycles. The Morgan fingerprint density at radius 1 is 1.32 bits per heavy atom. The predicted molar refractivity (Wildman–Crippen MR) is 77.1 cm³/mol. The number of fused-ring (bicyclic) bond motifs is 1. The Morgan fingerprint density at radius 2 is 2.16 bits per heavy atom. The van der Waals surface area contributed by atoms with Gasteiger partial charge in [-0.05, 0) is 55.5 Å². The molecule has 0 atom stereocenters. The van der Waals surface area contributed by atoms with Gasteiger partial charge in [-0.1, -0.05) is 6.07 Å². The number of amides is 1. The first-order valence-corrected chi connectivity index (χ1v) is 7.17. The summed E-state index contributed by atoms with van der Waals surface area (Å²) in [6.45, 7) is 1.90. The van der Waals surface area contributed by atoms with Crippen LogP contribution in [0.4, 0.5) is 5.69 Å². The van der Waals surface area contributed by atoms with Gasteiger partial charge in [0.25, 0.3) is 5.91 Å². The number of hydrogen-bond donors (Lipinski definition) is 2. The number of rotatable bonds is 2. The van der Waals surface area contributed by atoms with Crippen LogP contribution in [0, 0.1) is 6.92 Å². The van der Waals surface area contributed by atoms with Gasteiger partial charge in [0.15, 0.2) is 0 Å². The highest BCUT2D eigenvalue weighted by Gasteiger charge is 2.19. The normalized spacial score (nSPS) is 13.3. The summed E-state index contributed by atoms with van der Waals surface area (Å²) in [6.07, 6.45) is 3.36. The molecule has 2 aromatic rings. The number of carbonyl (C=O) groups is 1. The lowest BCUT2D eigenvalue weighted by atomic mass is 10.2. The van der Waals surface area contributed by atoms with Crippen molar-refractivity contribution in [2.75, 3.05) is 5.32 Å². The Kier molecular flexibility index (Phi) is 3.03. The van der Waals surface area contributed by atoms with E-state index < -0.39 is 0 Å². The van der Waals surface area contributed by atoms with Gasteiger partial charge in [-0.2, -0.15) is 0 Å². The summed E-state index contributed by atoms with van der Waals surface area (Å²) in [5, 5.41) is 12.6. The number of nitrogens with one attached hydrogen (secondary N) is 1. The fourth-order valence-electron chi connectivity index (χ4n) is 2.37. The second-order valence-corrected chi connectivity index (χ2v) is 6.02. The van der Waals surface area contributed by atoms with Gasteiger partial charge in [-0.15, -0.1) is 11.3 Å². The third kappa shape index (κ3) is 2.36. The smallest absolute Gasteiger partial charge is 0.265 e. The molecular weight excluding hydrogens is 258 g/mol. The molecule has 0 unspecified atom stereocenters. The number of thiophene rings is 1. The predicted octanol–water partition coefficient (Wildman–Crippen LogP) is 3.50. The number of aromatic hydroxyl groups is 1. The number of aryl methyl sites for hydroxylation is 3. The highest BCUT2D eigenvalue weighted by molar-refractivity contribution is 7.14. The Morgan fingerprint density at radius 3 is 2.89 bits per heavy atom. The van der Waals surface area contributed by atoms with Gasteiger partial charge in [-0.25, -0.2) is 0 Å². The third-order valence-corrected chi connectivity index (χ3v) is 4.61. The van der Waals surface area contributed by atoms with E-state index in [4.69, 9.17) is 0 Å². The van der Waals surface area contributed by atoms with Crippen LogP contribution in [0.3, 0.4) is 0 Å². The lowest BCUT2D eigenvalue weighted by Crippen LogP contribution is -2.10. The van der Waals surface area contributed by atoms with Gasteiger partial charge in [0, 0.05) is 4.88 Å². The topological polar surface area (TPSA) is 49.3 Å². The van der Waals surface area contributed by atoms with Crippen LogP contribution in [0.25, 0.3) is 0 Å². The van der Waals surface area contributed by atoms with Crippen molar-refractivity contribution in [2.24, 2.45) is 0 Å². The minimum atomic E-state index is -0.140. The van der Waals surface area contributed by atoms with Crippen LogP contribution in [0.1, 0.15) is 32.1 Å². The van der Waals surface area contributed by atoms with Gasteiger partial charge in [0.05, 0.1) is 10.6 Å². The number of phenolic OH excluding ortho intramolecular Hbond substituents is 1. The lowest BCUT2D eigenvalue weighted by Gasteiger charge is -2.06. The van der Waals surface area contributed by atoms with E-state index in [0.29, 0.717) is 5.69 Å². The zero-order valence-electron chi connectivity index (χ0n) is 10.7. The molecule has 3 nitrogen and oxygen atoms in total. The SMILES string of the molecule is Cc1ccc(NC(=O)c2cc3c(s2)CCC3)c(O)c1. The summed E-state index contributed by atoms with van der Waals surface area (Å²) in [5.41, 5.74) is 2.73. The third-order valence-electron chi connectivity index (χ3n) is 3.37. The van der Waals surface area contributed by atoms with E-state index >= 15 is 0 Å². The van der Waals surface area contributed by atoms with Crippen molar-refractivity contribution in [1.29, 1.82) is 0 Å². The molecule has 19 heavy (non-hydrogen) atoms. The molecule has 1 amide bonds. The van der Waals surface area contributed by atoms with Gasteiger partial charge in [0.1, 0.15) is 5.75 Å². The molecule has 0 fully saturated rings. The fourth-order valence-corrected chi connectivity index (χ4v) is 3.52. The van der Waals surface area contributed by atoms with E-state index in [9.17, 15) is 9.90 Å². The van der Waals surface area contributed by atoms with E-state index in [2.05, 4.69) is 5.32 Å². The molecule has 2 N–H and O–H groups in total. The van der Waals surface area contributed by atoms with Gasteiger partial charge in [-0.3, -0.25) is 4.79 Å². The molecule has 1 aliphatic carbocycles. The summed E-state index contributed by atoms with van der Waals surface area (Å²) in [4.78, 5) is 14.2. The standard InChI is InChI=1S/C15H15NO2S/c1-9-5-6-11(12(17)7-9)16-15(18)14-8-10-3-2-4-13(10)19-14/h5-8,17H,2-4H2,1H3,(H,16,18). The molecule has 1 aliphatic rings. The number of hydrogen-bond acceptors (Lipinski definition) is 3. The van der Waals surface area contributed by atoms with Crippen molar-refractivity contribution in [3.05, 3.63) is 45.1 Å². The Labute approximate surface area is 115 Å². The summed E-state index contributed by atoms with van der Waals surface area (Å²) in [5.74, 6) is -0.0315. The maximum atomic E-state index is 12.1. The average Bonchev–Trinajstić information content (AvgIpc) is 2.93. The van der Waals surface area contributed by atoms with E-state index in [-0.39, 0.29) is 11.7 Å². The average molecular weight is 273 g/mol. The minimum absolute atomic E-state index is 0.109. The summed E-state index contributed by atoms with van der Waals surface area (Å²) >= 11 is 1.56. The maximum absolute atomic E-state index is 12.1. The number of phenols is 1. The number of anilines is 1. The highest BCUT2D eigenvalue weighted by Crippen LogP contribution is 2.31. The Hall–Kier alpha value is -1.81. The molecule has 0 radical (unpaired) electrons. The van der Waals surface area contributed by atoms with E-state index in [1.54, 1.807) is 23.5 Å². The summed E-state index contributed by atoms with van der Waals surface area (Å²) in [6, 6.07) is 7.21. The van der Waals surface area contributed by atoms with Crippen molar-refractivity contribution in [1.82, 2.24) is 0 Å². The van der Waals surface area contributed by atoms with Crippen LogP contribution in [-0.4, -0.2) is 11.0 Å². The quantitative estimate of drug-likeness (QED) is 0.823. The minimum Gasteiger partial charge on any atom is -0.506 e. The maximum Gasteiger partial charge on any atom is 0.265 e. The van der Waals surface area contributed by atoms with Crippen LogP contribution in [0.2, 0.25) is 0 Å². The van der Waals surface area contributed by atoms with Gasteiger partial charge >= 0.3 is 0 Å². The van der Waals surface area contributed by atoms with Crippen LogP contribution in [0.15, 0.2) is 24.3 Å². The Balaban J connectivity index is 1.80. The van der Waals surface area contributed by atoms with Crippen molar-refractivity contribution in [3.63, 3.8) is 0 Å². The molecule has 0 spiro atoms. The van der Waals surface area contributed by atoms with Crippen LogP contribution in [0.5, 0.6) is 5.75 Å². The first kappa shape index (κ1) is 12.2. The highest BCUT2D eigenvalue weighted by atomic mass is 32.1. The molecule has 0 bridgehead atoms. The van der Waals surface area contributed by atoms with Crippen molar-refractivity contribution < 1.29 is 9.90 Å². The summed E-state index contributed by atoms with van der Waals surface area (Å²) < 4.78 is 0. The zero-order chi connectivity index (χ0) is 13.4. The number of carbonyl (C=O) groups excluding carboxylic acids is 1. The van der Waals surface area contributed by atoms with Crippen molar-refractivity contribution in [2.45, 2.75) is 26.2 Å². The molecule has 98 valence electrons. The van der Waals surface area contributed by atoms with E-state index in [1.165, 1.54) is 16.9 Å². The molecule has 3 rings (SSSR count). The van der Waals surface area contributed by atoms with Gasteiger partial charge < -0.3 is 10.4 Å². The van der Waals surface area contributed by atoms with Crippen LogP contribution < -0.4 is 5.32 Å². The second kappa shape index (κ2) is 4.70. The van der Waals surface area contributed by atoms with Crippen LogP contribution in [-0.2, 0) is 12.8 Å². The van der Waals surface area contributed by atoms with E-state index in [0.717, 1.165) is 23.3 Å². The first-order chi connectivity index (χ1) is 9.13. The van der Waals surface area contributed by atoms with Crippen LogP contribution >= 0.6 is 11.3 Å². The monoisotopic (exact) mass is 273 g/mol. The zero-order valence-corrected chi connectivity index (χ0v) is 11.5. The molecule has 4 heteroatoms. The summed E-state index contributed by atoms with van der Waals surface area (Å²) in [7, 11) is 0. The van der Waals surface area contributed by atoms with Crippen molar-refractivity contribution in [3.8, 4) is 5.75 Å². The molecule has 1 aromatic carbocycles. The molecular formula is C15H15NO2S. The molecule has 1 aromatic heterocycles. The largest absolute Gasteiger partial charge is 0.506 e. The molecule has 0 saturated carbocycles. The second-order valence-electron chi connectivity index (χ2n) is 4.89. The fraction of sp³-hybridized carbons (Fsp3) is 0.267. The molecule has 0 aliphatic heterocycles. The van der Waals surface area contributed by atoms with E-state index in [1.807, 2.05) is 19.1 Å². The van der Waals surface area contributed by atoms with Gasteiger partial charge in [0.2, 0.25) is 0 Å². The molecule has 0 saturated heterocycles.